The normalized spacial score (nSPS) is 10.3. The van der Waals surface area contributed by atoms with E-state index in [1.165, 1.54) is 24.4 Å². The van der Waals surface area contributed by atoms with Gasteiger partial charge in [0.05, 0.1) is 29.6 Å². The van der Waals surface area contributed by atoms with E-state index in [0.29, 0.717) is 11.3 Å². The first kappa shape index (κ1) is 14.4. The lowest BCUT2D eigenvalue weighted by Gasteiger charge is -2.07. The maximum absolute atomic E-state index is 11.6. The predicted octanol–water partition coefficient (Wildman–Crippen LogP) is 3.05. The zero-order chi connectivity index (χ0) is 14.5. The van der Waals surface area contributed by atoms with Gasteiger partial charge in [-0.05, 0) is 24.1 Å². The lowest BCUT2D eigenvalue weighted by molar-refractivity contribution is 0.0601. The molecule has 1 aromatic heterocycles. The number of nitrogens with two attached hydrogens (primary N) is 1. The van der Waals surface area contributed by atoms with Gasteiger partial charge in [0.1, 0.15) is 0 Å². The lowest BCUT2D eigenvalue weighted by Crippen LogP contribution is -2.06. The molecule has 2 aromatic rings. The van der Waals surface area contributed by atoms with Crippen LogP contribution in [0.25, 0.3) is 0 Å². The van der Waals surface area contributed by atoms with Crippen molar-refractivity contribution in [3.05, 3.63) is 53.2 Å². The zero-order valence-electron chi connectivity index (χ0n) is 11.4. The number of carbonyl (C=O) groups is 1. The number of aromatic nitrogens is 1. The van der Waals surface area contributed by atoms with Crippen LogP contribution in [0, 0.1) is 6.92 Å². The van der Waals surface area contributed by atoms with Crippen LogP contribution in [-0.2, 0) is 10.5 Å². The van der Waals surface area contributed by atoms with Gasteiger partial charge in [-0.3, -0.25) is 0 Å². The Labute approximate surface area is 122 Å². The SMILES string of the molecule is COC(=O)c1cc(SCc2ccccc2C)ncc1N. The number of benzene rings is 1. The first-order valence-electron chi connectivity index (χ1n) is 6.13. The number of anilines is 1. The first-order chi connectivity index (χ1) is 9.61. The van der Waals surface area contributed by atoms with Crippen LogP contribution in [-0.4, -0.2) is 18.1 Å². The van der Waals surface area contributed by atoms with Gasteiger partial charge in [0, 0.05) is 5.75 Å². The smallest absolute Gasteiger partial charge is 0.340 e. The summed E-state index contributed by atoms with van der Waals surface area (Å²) in [5.41, 5.74) is 8.90. The summed E-state index contributed by atoms with van der Waals surface area (Å²) in [7, 11) is 1.34. The van der Waals surface area contributed by atoms with E-state index in [9.17, 15) is 4.79 Å². The molecule has 0 amide bonds. The average Bonchev–Trinajstić information content (AvgIpc) is 2.47. The number of aryl methyl sites for hydroxylation is 1. The van der Waals surface area contributed by atoms with E-state index < -0.39 is 5.97 Å². The van der Waals surface area contributed by atoms with Gasteiger partial charge in [-0.25, -0.2) is 9.78 Å². The molecule has 2 rings (SSSR count). The Morgan fingerprint density at radius 2 is 2.15 bits per heavy atom. The highest BCUT2D eigenvalue weighted by Gasteiger charge is 2.12. The highest BCUT2D eigenvalue weighted by atomic mass is 32.2. The topological polar surface area (TPSA) is 65.2 Å². The van der Waals surface area contributed by atoms with Crippen molar-refractivity contribution >= 4 is 23.4 Å². The minimum absolute atomic E-state index is 0.331. The standard InChI is InChI=1S/C15H16N2O2S/c1-10-5-3-4-6-11(10)9-20-14-7-12(15(18)19-2)13(16)8-17-14/h3-8H,9,16H2,1-2H3. The van der Waals surface area contributed by atoms with Crippen molar-refractivity contribution < 1.29 is 9.53 Å². The number of carbonyl (C=O) groups excluding carboxylic acids is 1. The summed E-state index contributed by atoms with van der Waals surface area (Å²) in [6.45, 7) is 2.08. The van der Waals surface area contributed by atoms with Crippen LogP contribution >= 0.6 is 11.8 Å². The molecule has 4 nitrogen and oxygen atoms in total. The molecule has 0 radical (unpaired) electrons. The van der Waals surface area contributed by atoms with Gasteiger partial charge in [0.15, 0.2) is 0 Å². The third-order valence-corrected chi connectivity index (χ3v) is 3.93. The van der Waals surface area contributed by atoms with E-state index in [0.717, 1.165) is 10.8 Å². The van der Waals surface area contributed by atoms with Gasteiger partial charge in [-0.15, -0.1) is 11.8 Å². The fourth-order valence-electron chi connectivity index (χ4n) is 1.74. The molecule has 0 unspecified atom stereocenters. The molecule has 0 aliphatic heterocycles. The summed E-state index contributed by atoms with van der Waals surface area (Å²) in [4.78, 5) is 15.8. The minimum Gasteiger partial charge on any atom is -0.465 e. The monoisotopic (exact) mass is 288 g/mol. The molecular weight excluding hydrogens is 272 g/mol. The minimum atomic E-state index is -0.442. The number of rotatable bonds is 4. The number of ether oxygens (including phenoxy) is 1. The molecule has 1 heterocycles. The molecule has 0 saturated carbocycles. The molecule has 5 heteroatoms. The highest BCUT2D eigenvalue weighted by Crippen LogP contribution is 2.25. The van der Waals surface area contributed by atoms with Crippen LogP contribution < -0.4 is 5.73 Å². The van der Waals surface area contributed by atoms with Crippen molar-refractivity contribution in [2.45, 2.75) is 17.7 Å². The lowest BCUT2D eigenvalue weighted by atomic mass is 10.1. The quantitative estimate of drug-likeness (QED) is 0.692. The van der Waals surface area contributed by atoms with Gasteiger partial charge >= 0.3 is 5.97 Å². The summed E-state index contributed by atoms with van der Waals surface area (Å²) in [6, 6.07) is 9.86. The van der Waals surface area contributed by atoms with Gasteiger partial charge in [-0.2, -0.15) is 0 Å². The largest absolute Gasteiger partial charge is 0.465 e. The third-order valence-electron chi connectivity index (χ3n) is 2.95. The van der Waals surface area contributed by atoms with Crippen LogP contribution in [0.3, 0.4) is 0 Å². The molecule has 0 fully saturated rings. The summed E-state index contributed by atoms with van der Waals surface area (Å²) >= 11 is 1.56. The molecule has 2 N–H and O–H groups in total. The zero-order valence-corrected chi connectivity index (χ0v) is 12.2. The molecule has 0 aliphatic rings. The van der Waals surface area contributed by atoms with Crippen LogP contribution in [0.5, 0.6) is 0 Å². The van der Waals surface area contributed by atoms with Gasteiger partial charge in [0.2, 0.25) is 0 Å². The van der Waals surface area contributed by atoms with Crippen LogP contribution in [0.2, 0.25) is 0 Å². The van der Waals surface area contributed by atoms with Crippen molar-refractivity contribution in [1.82, 2.24) is 4.98 Å². The number of methoxy groups -OCH3 is 1. The second kappa shape index (κ2) is 6.43. The Kier molecular flexibility index (Phi) is 4.63. The molecule has 104 valence electrons. The van der Waals surface area contributed by atoms with Crippen LogP contribution in [0.4, 0.5) is 5.69 Å². The Bertz CT molecular complexity index is 629. The molecule has 0 spiro atoms. The Morgan fingerprint density at radius 3 is 2.85 bits per heavy atom. The fraction of sp³-hybridized carbons (Fsp3) is 0.200. The van der Waals surface area contributed by atoms with Gasteiger partial charge in [-0.1, -0.05) is 24.3 Å². The third kappa shape index (κ3) is 3.30. The average molecular weight is 288 g/mol. The molecule has 20 heavy (non-hydrogen) atoms. The summed E-state index contributed by atoms with van der Waals surface area (Å²) in [5, 5.41) is 0.753. The Hall–Kier alpha value is -2.01. The highest BCUT2D eigenvalue weighted by molar-refractivity contribution is 7.98. The molecule has 1 aromatic carbocycles. The van der Waals surface area contributed by atoms with E-state index in [-0.39, 0.29) is 0 Å². The van der Waals surface area contributed by atoms with Gasteiger partial charge < -0.3 is 10.5 Å². The van der Waals surface area contributed by atoms with Crippen LogP contribution in [0.1, 0.15) is 21.5 Å². The molecule has 0 aliphatic carbocycles. The van der Waals surface area contributed by atoms with Crippen molar-refractivity contribution in [1.29, 1.82) is 0 Å². The summed E-state index contributed by atoms with van der Waals surface area (Å²) in [6.07, 6.45) is 1.49. The van der Waals surface area contributed by atoms with E-state index >= 15 is 0 Å². The molecule has 0 atom stereocenters. The van der Waals surface area contributed by atoms with E-state index in [2.05, 4.69) is 24.0 Å². The number of nitrogen functional groups attached to an aromatic ring is 1. The van der Waals surface area contributed by atoms with Crippen molar-refractivity contribution in [2.24, 2.45) is 0 Å². The Morgan fingerprint density at radius 1 is 1.40 bits per heavy atom. The predicted molar refractivity (Wildman–Crippen MR) is 80.7 cm³/mol. The van der Waals surface area contributed by atoms with E-state index in [1.807, 2.05) is 12.1 Å². The van der Waals surface area contributed by atoms with Crippen molar-refractivity contribution in [3.8, 4) is 0 Å². The van der Waals surface area contributed by atoms with E-state index in [1.54, 1.807) is 17.8 Å². The van der Waals surface area contributed by atoms with Crippen molar-refractivity contribution in [2.75, 3.05) is 12.8 Å². The Balaban J connectivity index is 2.14. The summed E-state index contributed by atoms with van der Waals surface area (Å²) < 4.78 is 4.70. The number of thioether (sulfide) groups is 1. The maximum Gasteiger partial charge on any atom is 0.340 e. The number of hydrogen-bond donors (Lipinski definition) is 1. The fourth-order valence-corrected chi connectivity index (χ4v) is 2.69. The number of nitrogens with zero attached hydrogens (tertiary/aromatic N) is 1. The second-order valence-electron chi connectivity index (χ2n) is 4.32. The van der Waals surface area contributed by atoms with Gasteiger partial charge in [0.25, 0.3) is 0 Å². The van der Waals surface area contributed by atoms with Crippen LogP contribution in [0.15, 0.2) is 41.6 Å². The summed E-state index contributed by atoms with van der Waals surface area (Å²) in [5.74, 6) is 0.354. The molecular formula is C15H16N2O2S. The molecule has 0 saturated heterocycles. The maximum atomic E-state index is 11.6. The second-order valence-corrected chi connectivity index (χ2v) is 5.31. The number of pyridine rings is 1. The van der Waals surface area contributed by atoms with Crippen molar-refractivity contribution in [3.63, 3.8) is 0 Å². The first-order valence-corrected chi connectivity index (χ1v) is 7.11. The number of hydrogen-bond acceptors (Lipinski definition) is 5. The van der Waals surface area contributed by atoms with E-state index in [4.69, 9.17) is 10.5 Å². The number of esters is 1. The molecule has 0 bridgehead atoms.